The molecular weight excluding hydrogens is 316 g/mol. The van der Waals surface area contributed by atoms with Gasteiger partial charge in [0, 0.05) is 5.41 Å². The first kappa shape index (κ1) is 15.3. The molecule has 4 nitrogen and oxygen atoms in total. The van der Waals surface area contributed by atoms with Crippen molar-refractivity contribution in [1.29, 1.82) is 5.41 Å². The van der Waals surface area contributed by atoms with E-state index in [1.54, 1.807) is 0 Å². The first-order chi connectivity index (χ1) is 10.6. The van der Waals surface area contributed by atoms with E-state index in [1.165, 1.54) is 11.8 Å². The summed E-state index contributed by atoms with van der Waals surface area (Å²) in [5, 5.41) is 9.47. The van der Waals surface area contributed by atoms with Gasteiger partial charge < -0.3 is 11.1 Å². The highest BCUT2D eigenvalue weighted by Crippen LogP contribution is 2.51. The zero-order chi connectivity index (χ0) is 15.7. The normalized spacial score (nSPS) is 15.5. The van der Waals surface area contributed by atoms with Gasteiger partial charge in [0.1, 0.15) is 11.0 Å². The number of hydrogen-bond acceptors (Lipinski definition) is 5. The Bertz CT molecular complexity index is 690. The second-order valence-corrected chi connectivity index (χ2v) is 6.90. The highest BCUT2D eigenvalue weighted by Gasteiger charge is 2.49. The molecule has 0 bridgehead atoms. The number of rotatable bonds is 5. The summed E-state index contributed by atoms with van der Waals surface area (Å²) in [5.74, 6) is 1.14. The van der Waals surface area contributed by atoms with Gasteiger partial charge in [-0.15, -0.1) is 0 Å². The van der Waals surface area contributed by atoms with Crippen molar-refractivity contribution in [3.63, 3.8) is 0 Å². The van der Waals surface area contributed by atoms with Gasteiger partial charge in [-0.1, -0.05) is 60.6 Å². The average Bonchev–Trinajstić information content (AvgIpc) is 3.29. The van der Waals surface area contributed by atoms with Crippen molar-refractivity contribution in [2.75, 3.05) is 11.5 Å². The predicted molar refractivity (Wildman–Crippen MR) is 92.0 cm³/mol. The number of thioether (sulfide) groups is 1. The largest absolute Gasteiger partial charge is 0.383 e. The van der Waals surface area contributed by atoms with Crippen LogP contribution in [0.15, 0.2) is 35.5 Å². The van der Waals surface area contributed by atoms with Crippen LogP contribution in [0.25, 0.3) is 0 Å². The molecule has 1 aromatic heterocycles. The Hall–Kier alpha value is -1.59. The summed E-state index contributed by atoms with van der Waals surface area (Å²) in [6.07, 6.45) is 1.86. The molecule has 0 spiro atoms. The van der Waals surface area contributed by atoms with Gasteiger partial charge >= 0.3 is 0 Å². The van der Waals surface area contributed by atoms with E-state index in [1.807, 2.05) is 37.3 Å². The van der Waals surface area contributed by atoms with Gasteiger partial charge in [0.05, 0.1) is 11.3 Å². The summed E-state index contributed by atoms with van der Waals surface area (Å²) in [4.78, 5) is 8.56. The van der Waals surface area contributed by atoms with Gasteiger partial charge in [0.15, 0.2) is 5.16 Å². The number of hydrogen-bond donors (Lipinski definition) is 2. The van der Waals surface area contributed by atoms with Gasteiger partial charge in [-0.2, -0.15) is 0 Å². The minimum atomic E-state index is -0.290. The summed E-state index contributed by atoms with van der Waals surface area (Å²) in [6.45, 7) is 2.02. The highest BCUT2D eigenvalue weighted by molar-refractivity contribution is 7.99. The lowest BCUT2D eigenvalue weighted by Crippen LogP contribution is -2.23. The van der Waals surface area contributed by atoms with Gasteiger partial charge in [-0.05, 0) is 24.2 Å². The molecule has 0 unspecified atom stereocenters. The Balaban J connectivity index is 2.00. The topological polar surface area (TPSA) is 75.7 Å². The monoisotopic (exact) mass is 332 g/mol. The molecule has 1 saturated carbocycles. The van der Waals surface area contributed by atoms with Crippen molar-refractivity contribution in [1.82, 2.24) is 9.97 Å². The average molecular weight is 333 g/mol. The number of nitrogens with zero attached hydrogens (tertiary/aromatic N) is 2. The molecule has 1 aromatic carbocycles. The molecule has 1 aliphatic rings. The van der Waals surface area contributed by atoms with E-state index < -0.39 is 0 Å². The van der Waals surface area contributed by atoms with Gasteiger partial charge in [-0.3, -0.25) is 0 Å². The molecule has 2 aromatic rings. The second-order valence-electron chi connectivity index (χ2n) is 5.31. The number of aromatic nitrogens is 2. The third-order valence-electron chi connectivity index (χ3n) is 3.95. The minimum Gasteiger partial charge on any atom is -0.383 e. The second kappa shape index (κ2) is 5.89. The standard InChI is InChI=1S/C16H17ClN4S/c1-2-22-15-20-13(17)11(14(19)21-15)12(18)16(8-9-16)10-6-4-3-5-7-10/h3-7,18H,2,8-9H2,1H3,(H2,19,20,21). The molecule has 0 saturated heterocycles. The number of halogens is 1. The van der Waals surface area contributed by atoms with Crippen LogP contribution in [-0.2, 0) is 5.41 Å². The van der Waals surface area contributed by atoms with E-state index in [0.717, 1.165) is 24.2 Å². The SMILES string of the molecule is CCSc1nc(N)c(C(=N)C2(c3ccccc3)CC2)c(Cl)n1. The van der Waals surface area contributed by atoms with Crippen LogP contribution in [0.1, 0.15) is 30.9 Å². The fourth-order valence-electron chi connectivity index (χ4n) is 2.66. The van der Waals surface area contributed by atoms with Gasteiger partial charge in [0.25, 0.3) is 0 Å². The molecular formula is C16H17ClN4S. The molecule has 3 N–H and O–H groups in total. The lowest BCUT2D eigenvalue weighted by atomic mass is 9.87. The molecule has 0 amide bonds. The van der Waals surface area contributed by atoms with Crippen LogP contribution < -0.4 is 5.73 Å². The summed E-state index contributed by atoms with van der Waals surface area (Å²) in [6, 6.07) is 10.1. The minimum absolute atomic E-state index is 0.274. The van der Waals surface area contributed by atoms with E-state index in [9.17, 15) is 0 Å². The zero-order valence-corrected chi connectivity index (χ0v) is 13.8. The summed E-state index contributed by atoms with van der Waals surface area (Å²) in [7, 11) is 0. The smallest absolute Gasteiger partial charge is 0.190 e. The molecule has 1 fully saturated rings. The van der Waals surface area contributed by atoms with Crippen LogP contribution in [0, 0.1) is 5.41 Å². The summed E-state index contributed by atoms with van der Waals surface area (Å²) in [5.41, 5.74) is 7.80. The number of benzene rings is 1. The van der Waals surface area contributed by atoms with E-state index >= 15 is 0 Å². The summed E-state index contributed by atoms with van der Waals surface area (Å²) >= 11 is 7.79. The maximum Gasteiger partial charge on any atom is 0.190 e. The van der Waals surface area contributed by atoms with E-state index in [4.69, 9.17) is 22.7 Å². The van der Waals surface area contributed by atoms with Crippen LogP contribution >= 0.6 is 23.4 Å². The van der Waals surface area contributed by atoms with Crippen molar-refractivity contribution in [3.8, 4) is 0 Å². The van der Waals surface area contributed by atoms with Crippen molar-refractivity contribution >= 4 is 34.9 Å². The maximum atomic E-state index is 8.64. The number of nitrogens with two attached hydrogens (primary N) is 1. The lowest BCUT2D eigenvalue weighted by Gasteiger charge is -2.19. The number of nitrogens with one attached hydrogen (secondary N) is 1. The molecule has 0 radical (unpaired) electrons. The van der Waals surface area contributed by atoms with Gasteiger partial charge in [-0.25, -0.2) is 9.97 Å². The predicted octanol–water partition coefficient (Wildman–Crippen LogP) is 3.92. The Morgan fingerprint density at radius 3 is 2.55 bits per heavy atom. The Labute approximate surface area is 139 Å². The third-order valence-corrected chi connectivity index (χ3v) is 4.95. The first-order valence-corrected chi connectivity index (χ1v) is 8.55. The van der Waals surface area contributed by atoms with Crippen LogP contribution in [0.2, 0.25) is 5.15 Å². The van der Waals surface area contributed by atoms with E-state index in [0.29, 0.717) is 22.2 Å². The summed E-state index contributed by atoms with van der Waals surface area (Å²) < 4.78 is 0. The Morgan fingerprint density at radius 1 is 1.32 bits per heavy atom. The van der Waals surface area contributed by atoms with Crippen molar-refractivity contribution in [2.45, 2.75) is 30.3 Å². The lowest BCUT2D eigenvalue weighted by molar-refractivity contribution is 0.920. The fraction of sp³-hybridized carbons (Fsp3) is 0.312. The zero-order valence-electron chi connectivity index (χ0n) is 12.3. The molecule has 114 valence electrons. The third kappa shape index (κ3) is 2.59. The van der Waals surface area contributed by atoms with Crippen molar-refractivity contribution in [2.24, 2.45) is 0 Å². The Morgan fingerprint density at radius 2 is 2.00 bits per heavy atom. The molecule has 3 rings (SSSR count). The fourth-order valence-corrected chi connectivity index (χ4v) is 3.56. The highest BCUT2D eigenvalue weighted by atomic mass is 35.5. The molecule has 1 heterocycles. The molecule has 0 atom stereocenters. The number of nitrogen functional groups attached to an aromatic ring is 1. The molecule has 22 heavy (non-hydrogen) atoms. The first-order valence-electron chi connectivity index (χ1n) is 7.19. The quantitative estimate of drug-likeness (QED) is 0.376. The molecule has 0 aliphatic heterocycles. The Kier molecular flexibility index (Phi) is 4.10. The van der Waals surface area contributed by atoms with Crippen LogP contribution in [0.4, 0.5) is 5.82 Å². The molecule has 6 heteroatoms. The molecule has 1 aliphatic carbocycles. The van der Waals surface area contributed by atoms with Crippen LogP contribution in [-0.4, -0.2) is 21.4 Å². The van der Waals surface area contributed by atoms with Crippen LogP contribution in [0.3, 0.4) is 0 Å². The van der Waals surface area contributed by atoms with E-state index in [2.05, 4.69) is 9.97 Å². The number of anilines is 1. The van der Waals surface area contributed by atoms with Gasteiger partial charge in [0.2, 0.25) is 0 Å². The van der Waals surface area contributed by atoms with Crippen molar-refractivity contribution in [3.05, 3.63) is 46.6 Å². The van der Waals surface area contributed by atoms with E-state index in [-0.39, 0.29) is 10.6 Å². The van der Waals surface area contributed by atoms with Crippen LogP contribution in [0.5, 0.6) is 0 Å². The van der Waals surface area contributed by atoms with Crippen molar-refractivity contribution < 1.29 is 0 Å². The maximum absolute atomic E-state index is 8.64.